The first-order valence-electron chi connectivity index (χ1n) is 10.6. The van der Waals surface area contributed by atoms with Crippen LogP contribution >= 0.6 is 0 Å². The van der Waals surface area contributed by atoms with E-state index < -0.39 is 0 Å². The Hall–Kier alpha value is -2.48. The van der Waals surface area contributed by atoms with Crippen LogP contribution in [0.15, 0.2) is 6.07 Å². The van der Waals surface area contributed by atoms with Gasteiger partial charge in [-0.2, -0.15) is 5.10 Å². The van der Waals surface area contributed by atoms with Gasteiger partial charge in [-0.1, -0.05) is 0 Å². The summed E-state index contributed by atoms with van der Waals surface area (Å²) >= 11 is 0. The van der Waals surface area contributed by atoms with Crippen molar-refractivity contribution >= 4 is 22.8 Å². The van der Waals surface area contributed by atoms with E-state index in [4.69, 9.17) is 4.98 Å². The fourth-order valence-electron chi connectivity index (χ4n) is 4.20. The lowest BCUT2D eigenvalue weighted by Crippen LogP contribution is -2.51. The van der Waals surface area contributed by atoms with E-state index in [-0.39, 0.29) is 11.8 Å². The van der Waals surface area contributed by atoms with Crippen LogP contribution in [0.4, 0.5) is 0 Å². The Labute approximate surface area is 170 Å². The first kappa shape index (κ1) is 18.5. The Morgan fingerprint density at radius 2 is 1.86 bits per heavy atom. The Bertz CT molecular complexity index is 967. The van der Waals surface area contributed by atoms with Crippen molar-refractivity contribution in [3.63, 3.8) is 0 Å². The normalized spacial score (nSPS) is 20.3. The second-order valence-corrected chi connectivity index (χ2v) is 8.69. The van der Waals surface area contributed by atoms with Gasteiger partial charge in [0, 0.05) is 50.9 Å². The van der Waals surface area contributed by atoms with Gasteiger partial charge in [0.2, 0.25) is 5.91 Å². The predicted molar refractivity (Wildman–Crippen MR) is 109 cm³/mol. The number of aromatic nitrogens is 3. The fraction of sp³-hybridized carbons (Fsp3) is 0.619. The molecule has 8 nitrogen and oxygen atoms in total. The number of hydrogen-bond acceptors (Lipinski definition) is 5. The quantitative estimate of drug-likeness (QED) is 0.821. The second-order valence-electron chi connectivity index (χ2n) is 8.69. The van der Waals surface area contributed by atoms with E-state index in [1.54, 1.807) is 4.68 Å². The van der Waals surface area contributed by atoms with Gasteiger partial charge in [0.25, 0.3) is 5.91 Å². The molecule has 3 heterocycles. The number of pyridine rings is 1. The third-order valence-electron chi connectivity index (χ3n) is 6.18. The van der Waals surface area contributed by atoms with Crippen molar-refractivity contribution in [3.05, 3.63) is 23.0 Å². The minimum atomic E-state index is 0.0532. The van der Waals surface area contributed by atoms with Crippen molar-refractivity contribution in [1.29, 1.82) is 0 Å². The van der Waals surface area contributed by atoms with Gasteiger partial charge in [-0.05, 0) is 38.7 Å². The van der Waals surface area contributed by atoms with Gasteiger partial charge < -0.3 is 10.2 Å². The third kappa shape index (κ3) is 3.73. The zero-order chi connectivity index (χ0) is 20.1. The molecule has 2 amide bonds. The van der Waals surface area contributed by atoms with Crippen LogP contribution < -0.4 is 5.32 Å². The lowest BCUT2D eigenvalue weighted by molar-refractivity contribution is -0.122. The van der Waals surface area contributed by atoms with Gasteiger partial charge >= 0.3 is 0 Å². The van der Waals surface area contributed by atoms with E-state index in [1.807, 2.05) is 24.9 Å². The summed E-state index contributed by atoms with van der Waals surface area (Å²) in [6.07, 6.45) is 4.49. The van der Waals surface area contributed by atoms with Crippen molar-refractivity contribution < 1.29 is 9.59 Å². The summed E-state index contributed by atoms with van der Waals surface area (Å²) in [7, 11) is 1.89. The summed E-state index contributed by atoms with van der Waals surface area (Å²) in [5.41, 5.74) is 3.38. The molecule has 0 atom stereocenters. The average molecular weight is 396 g/mol. The molecule has 0 unspecified atom stereocenters. The largest absolute Gasteiger partial charge is 0.352 e. The molecule has 1 aliphatic heterocycles. The molecule has 1 saturated heterocycles. The minimum Gasteiger partial charge on any atom is -0.352 e. The number of fused-ring (bicyclic) bond motifs is 1. The van der Waals surface area contributed by atoms with Gasteiger partial charge in [0.15, 0.2) is 5.65 Å². The number of carbonyl (C=O) groups excluding carboxylic acids is 2. The Balaban J connectivity index is 1.32. The fourth-order valence-corrected chi connectivity index (χ4v) is 4.20. The molecule has 154 valence electrons. The van der Waals surface area contributed by atoms with E-state index in [1.165, 1.54) is 0 Å². The van der Waals surface area contributed by atoms with E-state index in [0.717, 1.165) is 66.8 Å². The Morgan fingerprint density at radius 1 is 1.14 bits per heavy atom. The van der Waals surface area contributed by atoms with Crippen molar-refractivity contribution in [2.45, 2.75) is 44.6 Å². The Morgan fingerprint density at radius 3 is 2.52 bits per heavy atom. The molecule has 3 fully saturated rings. The van der Waals surface area contributed by atoms with E-state index in [9.17, 15) is 9.59 Å². The number of amides is 2. The average Bonchev–Trinajstić information content (AvgIpc) is 3.61. The molecule has 8 heteroatoms. The van der Waals surface area contributed by atoms with E-state index in [2.05, 4.69) is 15.3 Å². The number of aryl methyl sites for hydroxylation is 2. The van der Waals surface area contributed by atoms with Gasteiger partial charge in [-0.3, -0.25) is 19.2 Å². The van der Waals surface area contributed by atoms with Crippen molar-refractivity contribution in [2.24, 2.45) is 7.05 Å². The summed E-state index contributed by atoms with van der Waals surface area (Å²) < 4.78 is 1.78. The highest BCUT2D eigenvalue weighted by Gasteiger charge is 2.31. The van der Waals surface area contributed by atoms with Crippen LogP contribution in [0.1, 0.15) is 53.3 Å². The summed E-state index contributed by atoms with van der Waals surface area (Å²) in [4.78, 5) is 34.3. The molecule has 2 aromatic heterocycles. The molecule has 2 saturated carbocycles. The number of carbonyl (C=O) groups is 2. The summed E-state index contributed by atoms with van der Waals surface area (Å²) in [6, 6.07) is 2.38. The topological polar surface area (TPSA) is 83.4 Å². The molecule has 1 N–H and O–H groups in total. The highest BCUT2D eigenvalue weighted by molar-refractivity contribution is 6.06. The van der Waals surface area contributed by atoms with Gasteiger partial charge in [-0.25, -0.2) is 4.98 Å². The van der Waals surface area contributed by atoms with Crippen LogP contribution in [-0.2, 0) is 11.8 Å². The van der Waals surface area contributed by atoms with Gasteiger partial charge in [0.05, 0.1) is 23.2 Å². The first-order chi connectivity index (χ1) is 14.0. The summed E-state index contributed by atoms with van der Waals surface area (Å²) in [6.45, 7) is 5.08. The summed E-state index contributed by atoms with van der Waals surface area (Å²) in [5.74, 6) is 0.628. The van der Waals surface area contributed by atoms with Crippen molar-refractivity contribution in [3.8, 4) is 0 Å². The molecule has 2 aliphatic carbocycles. The zero-order valence-electron chi connectivity index (χ0n) is 17.1. The van der Waals surface area contributed by atoms with Crippen LogP contribution in [0.25, 0.3) is 11.0 Å². The van der Waals surface area contributed by atoms with Crippen LogP contribution in [0.5, 0.6) is 0 Å². The SMILES string of the molecule is Cc1nn(C)c2nc(C3CC3)cc(C(=O)N3CCN(CC(=O)NC4CC4)CC3)c12. The molecular weight excluding hydrogens is 368 g/mol. The number of piperazine rings is 1. The lowest BCUT2D eigenvalue weighted by Gasteiger charge is -2.34. The van der Waals surface area contributed by atoms with Crippen molar-refractivity contribution in [1.82, 2.24) is 29.9 Å². The minimum absolute atomic E-state index is 0.0532. The molecule has 0 aromatic carbocycles. The maximum absolute atomic E-state index is 13.4. The smallest absolute Gasteiger partial charge is 0.254 e. The maximum atomic E-state index is 13.4. The van der Waals surface area contributed by atoms with E-state index >= 15 is 0 Å². The maximum Gasteiger partial charge on any atom is 0.254 e. The Kier molecular flexibility index (Phi) is 4.53. The standard InChI is InChI=1S/C21H28N6O2/c1-13-19-16(11-17(14-3-4-14)23-20(19)25(2)24-13)21(29)27-9-7-26(8-10-27)12-18(28)22-15-5-6-15/h11,14-15H,3-10,12H2,1-2H3,(H,22,28). The van der Waals surface area contributed by atoms with Crippen LogP contribution in [0, 0.1) is 6.92 Å². The monoisotopic (exact) mass is 396 g/mol. The van der Waals surface area contributed by atoms with Gasteiger partial charge in [-0.15, -0.1) is 0 Å². The van der Waals surface area contributed by atoms with Crippen molar-refractivity contribution in [2.75, 3.05) is 32.7 Å². The highest BCUT2D eigenvalue weighted by Crippen LogP contribution is 2.40. The molecule has 3 aliphatic rings. The van der Waals surface area contributed by atoms with Crippen LogP contribution in [0.3, 0.4) is 0 Å². The third-order valence-corrected chi connectivity index (χ3v) is 6.18. The number of nitrogens with one attached hydrogen (secondary N) is 1. The van der Waals surface area contributed by atoms with Crippen LogP contribution in [-0.4, -0.2) is 75.1 Å². The highest BCUT2D eigenvalue weighted by atomic mass is 16.2. The number of nitrogens with zero attached hydrogens (tertiary/aromatic N) is 5. The molecule has 29 heavy (non-hydrogen) atoms. The van der Waals surface area contributed by atoms with E-state index in [0.29, 0.717) is 31.6 Å². The predicted octanol–water partition coefficient (Wildman–Crippen LogP) is 1.19. The van der Waals surface area contributed by atoms with Gasteiger partial charge in [0.1, 0.15) is 0 Å². The number of rotatable bonds is 5. The molecule has 0 bridgehead atoms. The zero-order valence-corrected chi connectivity index (χ0v) is 17.1. The lowest BCUT2D eigenvalue weighted by atomic mass is 10.1. The first-order valence-corrected chi connectivity index (χ1v) is 10.6. The molecular formula is C21H28N6O2. The summed E-state index contributed by atoms with van der Waals surface area (Å²) in [5, 5.41) is 8.41. The van der Waals surface area contributed by atoms with Crippen LogP contribution in [0.2, 0.25) is 0 Å². The second kappa shape index (κ2) is 7.09. The molecule has 2 aromatic rings. The molecule has 0 spiro atoms. The number of hydrogen-bond donors (Lipinski definition) is 1. The molecule has 0 radical (unpaired) electrons. The molecule has 5 rings (SSSR count).